The van der Waals surface area contributed by atoms with E-state index in [1.54, 1.807) is 6.92 Å². The average Bonchev–Trinajstić information content (AvgIpc) is 3.13. The molecular formula is C20H15ClN4O2S. The summed E-state index contributed by atoms with van der Waals surface area (Å²) in [4.78, 5) is 26.0. The first-order chi connectivity index (χ1) is 13.7. The van der Waals surface area contributed by atoms with Gasteiger partial charge in [0.1, 0.15) is 10.7 Å². The number of nitrogens with one attached hydrogen (secondary N) is 1. The maximum Gasteiger partial charge on any atom is 0.350 e. The number of thiazole rings is 1. The highest BCUT2D eigenvalue weighted by Crippen LogP contribution is 2.34. The number of carbonyl (C=O) groups excluding carboxylic acids is 1. The highest BCUT2D eigenvalue weighted by molar-refractivity contribution is 7.18. The molecule has 0 aliphatic carbocycles. The van der Waals surface area contributed by atoms with Crippen molar-refractivity contribution in [3.05, 3.63) is 64.8 Å². The number of halogens is 1. The van der Waals surface area contributed by atoms with Crippen LogP contribution in [0, 0.1) is 0 Å². The van der Waals surface area contributed by atoms with Crippen molar-refractivity contribution in [3.8, 4) is 11.3 Å². The van der Waals surface area contributed by atoms with E-state index in [2.05, 4.69) is 20.3 Å². The molecule has 0 atom stereocenters. The van der Waals surface area contributed by atoms with Gasteiger partial charge in [0.2, 0.25) is 5.28 Å². The van der Waals surface area contributed by atoms with Gasteiger partial charge in [-0.25, -0.2) is 14.8 Å². The molecule has 4 rings (SSSR count). The van der Waals surface area contributed by atoms with E-state index in [1.807, 2.05) is 54.6 Å². The minimum absolute atomic E-state index is 0.131. The molecule has 2 heterocycles. The number of nitrogens with zero attached hydrogens (tertiary/aromatic N) is 3. The molecule has 4 aromatic rings. The second kappa shape index (κ2) is 7.92. The summed E-state index contributed by atoms with van der Waals surface area (Å²) in [6.45, 7) is 2.06. The van der Waals surface area contributed by atoms with Crippen LogP contribution in [0.1, 0.15) is 16.6 Å². The third-order valence-electron chi connectivity index (χ3n) is 3.94. The van der Waals surface area contributed by atoms with Crippen LogP contribution in [0.25, 0.3) is 22.2 Å². The van der Waals surface area contributed by atoms with Crippen molar-refractivity contribution in [1.82, 2.24) is 15.0 Å². The second-order valence-electron chi connectivity index (χ2n) is 5.77. The van der Waals surface area contributed by atoms with Gasteiger partial charge in [0.05, 0.1) is 17.8 Å². The highest BCUT2D eigenvalue weighted by Gasteiger charge is 2.21. The lowest BCUT2D eigenvalue weighted by atomic mass is 10.1. The van der Waals surface area contributed by atoms with E-state index in [0.29, 0.717) is 28.1 Å². The van der Waals surface area contributed by atoms with E-state index in [1.165, 1.54) is 11.3 Å². The van der Waals surface area contributed by atoms with Crippen LogP contribution in [-0.2, 0) is 4.74 Å². The van der Waals surface area contributed by atoms with Crippen LogP contribution in [0.2, 0.25) is 5.28 Å². The first kappa shape index (κ1) is 18.3. The fourth-order valence-electron chi connectivity index (χ4n) is 2.75. The number of hydrogen-bond acceptors (Lipinski definition) is 7. The molecule has 0 unspecified atom stereocenters. The quantitative estimate of drug-likeness (QED) is 0.354. The molecule has 0 aliphatic heterocycles. The van der Waals surface area contributed by atoms with Gasteiger partial charge in [-0.1, -0.05) is 53.8 Å². The van der Waals surface area contributed by atoms with Crippen LogP contribution < -0.4 is 5.32 Å². The summed E-state index contributed by atoms with van der Waals surface area (Å²) < 4.78 is 5.20. The van der Waals surface area contributed by atoms with Crippen molar-refractivity contribution >= 4 is 50.8 Å². The number of esters is 1. The Morgan fingerprint density at radius 2 is 1.82 bits per heavy atom. The Kier molecular flexibility index (Phi) is 5.18. The van der Waals surface area contributed by atoms with Gasteiger partial charge in [-0.15, -0.1) is 0 Å². The number of aromatic nitrogens is 3. The molecule has 0 bridgehead atoms. The summed E-state index contributed by atoms with van der Waals surface area (Å²) in [6, 6.07) is 17.0. The zero-order chi connectivity index (χ0) is 19.5. The smallest absolute Gasteiger partial charge is 0.350 e. The minimum Gasteiger partial charge on any atom is -0.462 e. The lowest BCUT2D eigenvalue weighted by Gasteiger charge is -2.06. The van der Waals surface area contributed by atoms with E-state index in [4.69, 9.17) is 16.3 Å². The van der Waals surface area contributed by atoms with Crippen LogP contribution in [0.15, 0.2) is 54.6 Å². The van der Waals surface area contributed by atoms with E-state index in [0.717, 1.165) is 16.5 Å². The van der Waals surface area contributed by atoms with Gasteiger partial charge < -0.3 is 10.1 Å². The monoisotopic (exact) mass is 410 g/mol. The largest absolute Gasteiger partial charge is 0.462 e. The standard InChI is InChI=1S/C20H15ClN4O2S/c1-2-27-18(26)16-15(12-8-4-3-5-9-12)23-20(28-16)25-17-13-10-6-7-11-14(13)22-19(21)24-17/h3-11H,2H2,1H3,(H,22,23,24,25). The SMILES string of the molecule is CCOC(=O)c1sc(Nc2nc(Cl)nc3ccccc23)nc1-c1ccccc1. The predicted molar refractivity (Wildman–Crippen MR) is 111 cm³/mol. The molecule has 6 nitrogen and oxygen atoms in total. The number of benzene rings is 2. The van der Waals surface area contributed by atoms with E-state index >= 15 is 0 Å². The van der Waals surface area contributed by atoms with Crippen molar-refractivity contribution < 1.29 is 9.53 Å². The number of carbonyl (C=O) groups is 1. The third kappa shape index (κ3) is 3.67. The van der Waals surface area contributed by atoms with Crippen molar-refractivity contribution in [2.24, 2.45) is 0 Å². The Bertz CT molecular complexity index is 1150. The van der Waals surface area contributed by atoms with Crippen LogP contribution >= 0.6 is 22.9 Å². The summed E-state index contributed by atoms with van der Waals surface area (Å²) in [6.07, 6.45) is 0. The number of hydrogen-bond donors (Lipinski definition) is 1. The highest BCUT2D eigenvalue weighted by atomic mass is 35.5. The number of anilines is 2. The van der Waals surface area contributed by atoms with Crippen LogP contribution in [0.5, 0.6) is 0 Å². The molecule has 0 fully saturated rings. The van der Waals surface area contributed by atoms with Gasteiger partial charge in [0.25, 0.3) is 0 Å². The van der Waals surface area contributed by atoms with Gasteiger partial charge in [0, 0.05) is 10.9 Å². The Hall–Kier alpha value is -3.03. The molecule has 0 spiro atoms. The van der Waals surface area contributed by atoms with Gasteiger partial charge in [0.15, 0.2) is 5.13 Å². The molecule has 0 saturated heterocycles. The molecule has 0 saturated carbocycles. The summed E-state index contributed by atoms with van der Waals surface area (Å²) in [7, 11) is 0. The Morgan fingerprint density at radius 3 is 2.61 bits per heavy atom. The zero-order valence-corrected chi connectivity index (χ0v) is 16.4. The molecule has 28 heavy (non-hydrogen) atoms. The zero-order valence-electron chi connectivity index (χ0n) is 14.8. The lowest BCUT2D eigenvalue weighted by molar-refractivity contribution is 0.0532. The number of fused-ring (bicyclic) bond motifs is 1. The maximum atomic E-state index is 12.4. The van der Waals surface area contributed by atoms with Crippen molar-refractivity contribution in [1.29, 1.82) is 0 Å². The fourth-order valence-corrected chi connectivity index (χ4v) is 3.80. The maximum absolute atomic E-state index is 12.4. The van der Waals surface area contributed by atoms with E-state index < -0.39 is 5.97 Å². The first-order valence-corrected chi connectivity index (χ1v) is 9.78. The van der Waals surface area contributed by atoms with Crippen molar-refractivity contribution in [2.45, 2.75) is 6.92 Å². The average molecular weight is 411 g/mol. The molecule has 8 heteroatoms. The molecule has 1 N–H and O–H groups in total. The van der Waals surface area contributed by atoms with Gasteiger partial charge in [-0.2, -0.15) is 4.98 Å². The van der Waals surface area contributed by atoms with Crippen LogP contribution in [0.4, 0.5) is 10.9 Å². The number of ether oxygens (including phenoxy) is 1. The predicted octanol–water partition coefficient (Wildman–Crippen LogP) is 5.33. The molecule has 0 aliphatic rings. The van der Waals surface area contributed by atoms with Gasteiger partial charge in [-0.3, -0.25) is 0 Å². The van der Waals surface area contributed by atoms with E-state index in [-0.39, 0.29) is 5.28 Å². The number of rotatable bonds is 5. The van der Waals surface area contributed by atoms with Crippen molar-refractivity contribution in [3.63, 3.8) is 0 Å². The van der Waals surface area contributed by atoms with Crippen LogP contribution in [0.3, 0.4) is 0 Å². The van der Waals surface area contributed by atoms with E-state index in [9.17, 15) is 4.79 Å². The topological polar surface area (TPSA) is 77.0 Å². The normalized spacial score (nSPS) is 10.8. The van der Waals surface area contributed by atoms with Crippen molar-refractivity contribution in [2.75, 3.05) is 11.9 Å². The van der Waals surface area contributed by atoms with Gasteiger partial charge >= 0.3 is 5.97 Å². The summed E-state index contributed by atoms with van der Waals surface area (Å²) in [5.41, 5.74) is 2.12. The summed E-state index contributed by atoms with van der Waals surface area (Å²) >= 11 is 7.27. The third-order valence-corrected chi connectivity index (χ3v) is 5.06. The van der Waals surface area contributed by atoms with Gasteiger partial charge in [-0.05, 0) is 30.7 Å². The molecule has 0 amide bonds. The molecule has 0 radical (unpaired) electrons. The number of para-hydroxylation sites is 1. The Balaban J connectivity index is 1.78. The van der Waals surface area contributed by atoms with Crippen LogP contribution in [-0.4, -0.2) is 27.5 Å². The molecule has 2 aromatic carbocycles. The Labute approximate surface area is 170 Å². The molecule has 2 aromatic heterocycles. The summed E-state index contributed by atoms with van der Waals surface area (Å²) in [5, 5.41) is 4.63. The summed E-state index contributed by atoms with van der Waals surface area (Å²) in [5.74, 6) is 0.122. The molecular weight excluding hydrogens is 396 g/mol. The first-order valence-electron chi connectivity index (χ1n) is 8.58. The second-order valence-corrected chi connectivity index (χ2v) is 7.10. The lowest BCUT2D eigenvalue weighted by Crippen LogP contribution is -2.03. The fraction of sp³-hybridized carbons (Fsp3) is 0.100. The Morgan fingerprint density at radius 1 is 1.07 bits per heavy atom. The molecule has 140 valence electrons. The minimum atomic E-state index is -0.405.